The van der Waals surface area contributed by atoms with Crippen molar-refractivity contribution in [3.63, 3.8) is 0 Å². The predicted octanol–water partition coefficient (Wildman–Crippen LogP) is 4.64. The first-order valence-corrected chi connectivity index (χ1v) is 12.2. The third-order valence-corrected chi connectivity index (χ3v) is 7.29. The summed E-state index contributed by atoms with van der Waals surface area (Å²) >= 11 is 6.18. The smallest absolute Gasteiger partial charge is 0.264 e. The second-order valence-electron chi connectivity index (χ2n) is 7.35. The van der Waals surface area contributed by atoms with Crippen LogP contribution in [0.3, 0.4) is 0 Å². The Hall–Kier alpha value is -2.88. The molecule has 6 nitrogen and oxygen atoms in total. The number of methoxy groups -OCH3 is 2. The van der Waals surface area contributed by atoms with Crippen LogP contribution in [-0.2, 0) is 16.4 Å². The van der Waals surface area contributed by atoms with Gasteiger partial charge in [0.05, 0.1) is 24.8 Å². The molecule has 0 heterocycles. The maximum Gasteiger partial charge on any atom is 0.264 e. The van der Waals surface area contributed by atoms with Crippen LogP contribution >= 0.6 is 11.6 Å². The fraction of sp³-hybridized carbons (Fsp3) is 0.250. The van der Waals surface area contributed by atoms with Gasteiger partial charge in [-0.3, -0.25) is 4.31 Å². The lowest BCUT2D eigenvalue weighted by molar-refractivity contribution is 0.354. The number of nitrogens with zero attached hydrogens (tertiary/aromatic N) is 1. The number of sulfonamides is 1. The third kappa shape index (κ3) is 5.43. The highest BCUT2D eigenvalue weighted by Gasteiger charge is 2.28. The largest absolute Gasteiger partial charge is 0.493 e. The first-order valence-electron chi connectivity index (χ1n) is 10.3. The van der Waals surface area contributed by atoms with Gasteiger partial charge in [0.1, 0.15) is 11.6 Å². The van der Waals surface area contributed by atoms with Crippen molar-refractivity contribution in [3.8, 4) is 11.5 Å². The van der Waals surface area contributed by atoms with Crippen molar-refractivity contribution < 1.29 is 26.7 Å². The average molecular weight is 511 g/mol. The number of hydrogen-bond acceptors (Lipinski definition) is 5. The van der Waals surface area contributed by atoms with E-state index >= 15 is 0 Å². The molecule has 0 spiro atoms. The number of halogens is 3. The van der Waals surface area contributed by atoms with E-state index in [4.69, 9.17) is 21.1 Å². The van der Waals surface area contributed by atoms with Crippen LogP contribution in [0.15, 0.2) is 59.5 Å². The topological polar surface area (TPSA) is 67.9 Å². The minimum Gasteiger partial charge on any atom is -0.493 e. The highest BCUT2D eigenvalue weighted by Crippen LogP contribution is 2.35. The molecule has 0 saturated carbocycles. The molecule has 0 aliphatic rings. The summed E-state index contributed by atoms with van der Waals surface area (Å²) in [6.07, 6.45) is -0.189. The molecule has 0 aliphatic heterocycles. The SMILES string of the molecule is CNCCN(c1ccc(Cl)cc1Cc1c(F)cccc1F)S(=O)(=O)c1ccc(OC)c(OC)c1. The number of benzene rings is 3. The molecule has 3 aromatic carbocycles. The number of ether oxygens (including phenoxy) is 2. The summed E-state index contributed by atoms with van der Waals surface area (Å²) in [7, 11) is 0.450. The molecule has 10 heteroatoms. The Morgan fingerprint density at radius 2 is 1.65 bits per heavy atom. The standard InChI is InChI=1S/C24H25ClF2N2O4S/c1-28-11-12-29(34(30,31)18-8-10-23(32-2)24(15-18)33-3)22-9-7-17(25)13-16(22)14-19-20(26)5-4-6-21(19)27/h4-10,13,15,28H,11-12,14H2,1-3H3. The van der Waals surface area contributed by atoms with Crippen molar-refractivity contribution in [2.75, 3.05) is 38.7 Å². The van der Waals surface area contributed by atoms with Gasteiger partial charge < -0.3 is 14.8 Å². The van der Waals surface area contributed by atoms with Crippen molar-refractivity contribution in [2.45, 2.75) is 11.3 Å². The molecule has 0 radical (unpaired) electrons. The van der Waals surface area contributed by atoms with E-state index in [-0.39, 0.29) is 34.9 Å². The summed E-state index contributed by atoms with van der Waals surface area (Å²) < 4.78 is 67.9. The molecule has 0 atom stereocenters. The number of anilines is 1. The Labute approximate surface area is 203 Å². The highest BCUT2D eigenvalue weighted by atomic mass is 35.5. The van der Waals surface area contributed by atoms with E-state index in [0.29, 0.717) is 22.9 Å². The van der Waals surface area contributed by atoms with Crippen molar-refractivity contribution in [2.24, 2.45) is 0 Å². The lowest BCUT2D eigenvalue weighted by atomic mass is 10.0. The second kappa shape index (κ2) is 11.0. The van der Waals surface area contributed by atoms with Gasteiger partial charge in [0.2, 0.25) is 0 Å². The van der Waals surface area contributed by atoms with Gasteiger partial charge in [-0.1, -0.05) is 17.7 Å². The Balaban J connectivity index is 2.15. The Morgan fingerprint density at radius 1 is 0.971 bits per heavy atom. The third-order valence-electron chi connectivity index (χ3n) is 5.25. The van der Waals surface area contributed by atoms with Crippen molar-refractivity contribution in [1.82, 2.24) is 5.32 Å². The van der Waals surface area contributed by atoms with Crippen LogP contribution < -0.4 is 19.1 Å². The number of likely N-dealkylation sites (N-methyl/N-ethyl adjacent to an activating group) is 1. The molecule has 0 aromatic heterocycles. The molecular weight excluding hydrogens is 486 g/mol. The molecule has 3 aromatic rings. The summed E-state index contributed by atoms with van der Waals surface area (Å²) in [6.45, 7) is 0.379. The second-order valence-corrected chi connectivity index (χ2v) is 9.65. The molecule has 3 rings (SSSR count). The summed E-state index contributed by atoms with van der Waals surface area (Å²) in [5.41, 5.74) is 0.442. The first kappa shape index (κ1) is 25.7. The minimum atomic E-state index is -4.10. The first-order chi connectivity index (χ1) is 16.2. The van der Waals surface area contributed by atoms with Crippen molar-refractivity contribution in [1.29, 1.82) is 0 Å². The fourth-order valence-corrected chi connectivity index (χ4v) is 5.23. The van der Waals surface area contributed by atoms with Gasteiger partial charge >= 0.3 is 0 Å². The van der Waals surface area contributed by atoms with E-state index in [1.54, 1.807) is 7.05 Å². The van der Waals surface area contributed by atoms with Gasteiger partial charge in [-0.25, -0.2) is 17.2 Å². The van der Waals surface area contributed by atoms with Crippen molar-refractivity contribution in [3.05, 3.63) is 82.4 Å². The lowest BCUT2D eigenvalue weighted by Gasteiger charge is -2.27. The maximum absolute atomic E-state index is 14.4. The molecule has 0 unspecified atom stereocenters. The van der Waals surface area contributed by atoms with Crippen LogP contribution in [-0.4, -0.2) is 42.8 Å². The highest BCUT2D eigenvalue weighted by molar-refractivity contribution is 7.92. The zero-order valence-corrected chi connectivity index (χ0v) is 20.5. The van der Waals surface area contributed by atoms with Gasteiger partial charge in [0.15, 0.2) is 11.5 Å². The predicted molar refractivity (Wildman–Crippen MR) is 129 cm³/mol. The molecular formula is C24H25ClF2N2O4S. The summed E-state index contributed by atoms with van der Waals surface area (Å²) in [4.78, 5) is -0.0285. The van der Waals surface area contributed by atoms with Gasteiger partial charge in [0.25, 0.3) is 10.0 Å². The maximum atomic E-state index is 14.4. The van der Waals surface area contributed by atoms with E-state index in [1.165, 1.54) is 61.0 Å². The zero-order chi connectivity index (χ0) is 24.9. The Kier molecular flexibility index (Phi) is 8.35. The van der Waals surface area contributed by atoms with E-state index in [9.17, 15) is 17.2 Å². The van der Waals surface area contributed by atoms with Crippen LogP contribution in [0.1, 0.15) is 11.1 Å². The quantitative estimate of drug-likeness (QED) is 0.430. The average Bonchev–Trinajstić information content (AvgIpc) is 2.82. The van der Waals surface area contributed by atoms with Gasteiger partial charge in [0, 0.05) is 36.2 Å². The zero-order valence-electron chi connectivity index (χ0n) is 18.9. The van der Waals surface area contributed by atoms with Crippen molar-refractivity contribution >= 4 is 27.3 Å². The van der Waals surface area contributed by atoms with Crippen LogP contribution in [0.5, 0.6) is 11.5 Å². The lowest BCUT2D eigenvalue weighted by Crippen LogP contribution is -2.37. The summed E-state index contributed by atoms with van der Waals surface area (Å²) in [5.74, 6) is -0.821. The molecule has 1 N–H and O–H groups in total. The minimum absolute atomic E-state index is 0.0285. The molecule has 0 fully saturated rings. The number of rotatable bonds is 10. The Morgan fingerprint density at radius 3 is 2.26 bits per heavy atom. The fourth-order valence-electron chi connectivity index (χ4n) is 3.52. The van der Waals surface area contributed by atoms with Gasteiger partial charge in [-0.05, 0) is 55.1 Å². The number of hydrogen-bond donors (Lipinski definition) is 1. The van der Waals surface area contributed by atoms with Crippen LogP contribution in [0.25, 0.3) is 0 Å². The molecule has 0 bridgehead atoms. The van der Waals surface area contributed by atoms with Crippen LogP contribution in [0.4, 0.5) is 14.5 Å². The number of nitrogens with one attached hydrogen (secondary N) is 1. The van der Waals surface area contributed by atoms with Crippen LogP contribution in [0.2, 0.25) is 5.02 Å². The summed E-state index contributed by atoms with van der Waals surface area (Å²) in [6, 6.07) is 12.4. The molecule has 34 heavy (non-hydrogen) atoms. The summed E-state index contributed by atoms with van der Waals surface area (Å²) in [5, 5.41) is 3.25. The molecule has 0 saturated heterocycles. The normalized spacial score (nSPS) is 11.4. The molecule has 182 valence electrons. The molecule has 0 amide bonds. The van der Waals surface area contributed by atoms with Gasteiger partial charge in [-0.2, -0.15) is 0 Å². The van der Waals surface area contributed by atoms with Crippen LogP contribution in [0, 0.1) is 11.6 Å². The Bertz CT molecular complexity index is 1250. The van der Waals surface area contributed by atoms with E-state index in [2.05, 4.69) is 5.32 Å². The van der Waals surface area contributed by atoms with E-state index in [1.807, 2.05) is 0 Å². The van der Waals surface area contributed by atoms with E-state index < -0.39 is 21.7 Å². The molecule has 0 aliphatic carbocycles. The monoisotopic (exact) mass is 510 g/mol. The van der Waals surface area contributed by atoms with E-state index in [0.717, 1.165) is 12.1 Å². The van der Waals surface area contributed by atoms with Gasteiger partial charge in [-0.15, -0.1) is 0 Å².